The van der Waals surface area contributed by atoms with E-state index < -0.39 is 24.1 Å². The Morgan fingerprint density at radius 3 is 0.818 bits per heavy atom. The van der Waals surface area contributed by atoms with Crippen LogP contribution >= 0.6 is 25.7 Å². The Bertz CT molecular complexity index is 284. The maximum atomic E-state index is 11.1. The average molecular weight is 400 g/mol. The van der Waals surface area contributed by atoms with E-state index in [2.05, 4.69) is 62.3 Å². The van der Waals surface area contributed by atoms with Gasteiger partial charge in [0.25, 0.3) is 0 Å². The quantitative estimate of drug-likeness (QED) is 0.296. The van der Waals surface area contributed by atoms with Crippen LogP contribution in [0.1, 0.15) is 62.3 Å². The minimum atomic E-state index is -2.02. The van der Waals surface area contributed by atoms with E-state index in [4.69, 9.17) is 18.6 Å². The van der Waals surface area contributed by atoms with Gasteiger partial charge in [-0.05, 0) is 47.6 Å². The summed E-state index contributed by atoms with van der Waals surface area (Å²) in [5.41, 5.74) is 0. The Morgan fingerprint density at radius 1 is 0.636 bits per heavy atom. The molecular weight excluding hydrogens is 368 g/mol. The second-order valence-electron chi connectivity index (χ2n) is 8.18. The van der Waals surface area contributed by atoms with Crippen LogP contribution in [0.4, 0.5) is 0 Å². The first-order valence-electron chi connectivity index (χ1n) is 7.42. The predicted octanol–water partition coefficient (Wildman–Crippen LogP) is 7.55. The normalized spacial score (nSPS) is 16.1. The van der Waals surface area contributed by atoms with E-state index in [-0.39, 0.29) is 15.5 Å². The van der Waals surface area contributed by atoms with E-state index in [9.17, 15) is 5.16 Å². The molecule has 0 spiro atoms. The summed E-state index contributed by atoms with van der Waals surface area (Å²) in [7, 11) is 7.76. The third-order valence-electron chi connectivity index (χ3n) is 3.47. The summed E-state index contributed by atoms with van der Waals surface area (Å²) in [6.45, 7) is 19.5. The van der Waals surface area contributed by atoms with Crippen LogP contribution in [0.15, 0.2) is 0 Å². The first-order chi connectivity index (χ1) is 9.66. The first-order valence-corrected chi connectivity index (χ1v) is 13.5. The molecule has 0 aromatic rings. The van der Waals surface area contributed by atoms with Crippen LogP contribution in [0, 0.1) is 32.1 Å². The molecule has 1 saturated carbocycles. The van der Waals surface area contributed by atoms with Crippen LogP contribution in [-0.2, 0) is 17.0 Å². The number of nitrogens with zero attached hydrogens (tertiary/aromatic N) is 1. The van der Waals surface area contributed by atoms with Crippen molar-refractivity contribution in [2.45, 2.75) is 77.8 Å². The molecule has 1 aliphatic carbocycles. The Labute approximate surface area is 157 Å². The molecule has 0 heterocycles. The molecule has 1 fully saturated rings. The molecule has 5 heteroatoms. The van der Waals surface area contributed by atoms with Crippen molar-refractivity contribution < 1.29 is 17.0 Å². The van der Waals surface area contributed by atoms with Gasteiger partial charge in [-0.15, -0.1) is 0 Å². The molecule has 129 valence electrons. The van der Waals surface area contributed by atoms with Gasteiger partial charge in [0.15, 0.2) is 0 Å². The summed E-state index contributed by atoms with van der Waals surface area (Å²) in [5, 5.41) is 11.1. The number of halogens is 2. The second-order valence-corrected chi connectivity index (χ2v) is 16.1. The minimum absolute atomic E-state index is 0.0104. The molecule has 1 rings (SSSR count). The van der Waals surface area contributed by atoms with Gasteiger partial charge in [-0.25, -0.2) is 7.05 Å². The van der Waals surface area contributed by atoms with Gasteiger partial charge in [-0.1, -0.05) is 62.3 Å². The van der Waals surface area contributed by atoms with Gasteiger partial charge in [0.1, 0.15) is 0 Å². The van der Waals surface area contributed by atoms with Gasteiger partial charge in [0, 0.05) is 0 Å². The Kier molecular flexibility index (Phi) is 12.3. The molecule has 0 aromatic carbocycles. The zero-order valence-electron chi connectivity index (χ0n) is 15.5. The van der Waals surface area contributed by atoms with Crippen LogP contribution in [-0.4, -0.2) is 15.5 Å². The van der Waals surface area contributed by atoms with Gasteiger partial charge in [-0.3, -0.25) is 0 Å². The molecule has 0 bridgehead atoms. The predicted molar refractivity (Wildman–Crippen MR) is 103 cm³/mol. The van der Waals surface area contributed by atoms with E-state index in [0.717, 1.165) is 0 Å². The zero-order valence-corrected chi connectivity index (χ0v) is 19.5. The molecule has 0 N–H and O–H groups in total. The molecule has 0 aliphatic heterocycles. The zero-order chi connectivity index (χ0) is 18.2. The summed E-state index contributed by atoms with van der Waals surface area (Å²) >= 11 is -0.556. The summed E-state index contributed by atoms with van der Waals surface area (Å²) < 4.78 is 0. The van der Waals surface area contributed by atoms with Crippen molar-refractivity contribution in [3.8, 4) is 0 Å². The molecule has 1 aliphatic rings. The van der Waals surface area contributed by atoms with E-state index in [1.54, 1.807) is 0 Å². The van der Waals surface area contributed by atoms with Crippen molar-refractivity contribution in [2.24, 2.45) is 0 Å². The van der Waals surface area contributed by atoms with E-state index in [1.165, 1.54) is 0 Å². The van der Waals surface area contributed by atoms with Gasteiger partial charge < -0.3 is 5.16 Å². The van der Waals surface area contributed by atoms with Crippen LogP contribution in [0.2, 0.25) is 0 Å². The maximum absolute atomic E-state index is 11.1. The Balaban J connectivity index is 0. The molecule has 0 atom stereocenters. The van der Waals surface area contributed by atoms with E-state index in [1.807, 2.05) is 32.1 Å². The van der Waals surface area contributed by atoms with Gasteiger partial charge in [0.2, 0.25) is 0 Å². The molecule has 5 radical (unpaired) electrons. The molecular formula is C17H32Cl2NPTi-. The third kappa shape index (κ3) is 8.07. The van der Waals surface area contributed by atoms with Crippen LogP contribution < -0.4 is 0 Å². The first kappa shape index (κ1) is 25.8. The van der Waals surface area contributed by atoms with Crippen molar-refractivity contribution >= 4 is 25.7 Å². The van der Waals surface area contributed by atoms with Crippen molar-refractivity contribution in [1.29, 1.82) is 0 Å². The fourth-order valence-electron chi connectivity index (χ4n) is 3.34. The fraction of sp³-hybridized carbons (Fsp3) is 0.706. The van der Waals surface area contributed by atoms with Crippen LogP contribution in [0.5, 0.6) is 0 Å². The third-order valence-corrected chi connectivity index (χ3v) is 9.29. The Morgan fingerprint density at radius 2 is 0.773 bits per heavy atom. The summed E-state index contributed by atoms with van der Waals surface area (Å²) in [4.78, 5) is 0. The van der Waals surface area contributed by atoms with Crippen LogP contribution in [0.25, 0.3) is 5.16 Å². The van der Waals surface area contributed by atoms with Crippen molar-refractivity contribution in [3.05, 3.63) is 37.3 Å². The second kappa shape index (κ2) is 10.5. The van der Waals surface area contributed by atoms with Gasteiger partial charge >= 0.3 is 35.6 Å². The molecule has 0 amide bonds. The Hall–Kier alpha value is 1.52. The average Bonchev–Trinajstić information content (AvgIpc) is 2.82. The van der Waals surface area contributed by atoms with E-state index >= 15 is 0 Å². The van der Waals surface area contributed by atoms with Crippen molar-refractivity contribution in [3.63, 3.8) is 0 Å². The molecule has 0 saturated heterocycles. The molecule has 0 aromatic heterocycles. The number of hydrogen-bond donors (Lipinski definition) is 0. The SMILES string of the molecule is CC(C)(C)P(=[N-])(C(C)(C)C)C(C)(C)C.[CH]1[CH][CH][CH][CH]1.[Cl][Ti][Cl]. The van der Waals surface area contributed by atoms with E-state index in [0.29, 0.717) is 0 Å². The van der Waals surface area contributed by atoms with Gasteiger partial charge in [0.05, 0.1) is 0 Å². The monoisotopic (exact) mass is 399 g/mol. The van der Waals surface area contributed by atoms with Crippen LogP contribution in [0.3, 0.4) is 0 Å². The summed E-state index contributed by atoms with van der Waals surface area (Å²) in [6, 6.07) is 0. The number of rotatable bonds is 0. The summed E-state index contributed by atoms with van der Waals surface area (Å²) in [5.74, 6) is 0. The molecule has 22 heavy (non-hydrogen) atoms. The van der Waals surface area contributed by atoms with Crippen molar-refractivity contribution in [1.82, 2.24) is 0 Å². The fourth-order valence-corrected chi connectivity index (χ4v) is 9.38. The summed E-state index contributed by atoms with van der Waals surface area (Å²) in [6.07, 6.45) is 10.0. The topological polar surface area (TPSA) is 22.3 Å². The molecule has 0 unspecified atom stereocenters. The number of hydrogen-bond acceptors (Lipinski definition) is 0. The van der Waals surface area contributed by atoms with Gasteiger partial charge in [-0.2, -0.15) is 0 Å². The molecule has 1 nitrogen and oxygen atoms in total. The van der Waals surface area contributed by atoms with Crippen molar-refractivity contribution in [2.75, 3.05) is 0 Å². The standard InChI is InChI=1S/C12H27NP.C5H5.2ClH.Ti/c1-10(2,3)14(13,11(4,5)6)12(7,8)9;1-2-4-5-3-1;;;/h1-9H3;1-5H;2*1H;/q-1;;;;+2/p-2.